The van der Waals surface area contributed by atoms with E-state index in [0.29, 0.717) is 19.3 Å². The van der Waals surface area contributed by atoms with Gasteiger partial charge in [-0.15, -0.1) is 0 Å². The third kappa shape index (κ3) is 45.0. The predicted molar refractivity (Wildman–Crippen MR) is 335 cm³/mol. The minimum Gasteiger partial charge on any atom is -0.394 e. The molecule has 1 heterocycles. The number of aliphatic hydroxyl groups is 7. The molecule has 11 nitrogen and oxygen atoms in total. The van der Waals surface area contributed by atoms with Crippen LogP contribution in [0.4, 0.5) is 0 Å². The first-order valence-corrected chi connectivity index (χ1v) is 34.7. The summed E-state index contributed by atoms with van der Waals surface area (Å²) in [5.41, 5.74) is 0. The zero-order valence-electron chi connectivity index (χ0n) is 52.3. The average molecular weight is 1140 g/mol. The van der Waals surface area contributed by atoms with Crippen LogP contribution in [0.5, 0.6) is 0 Å². The number of ether oxygens (including phenoxy) is 2. The van der Waals surface area contributed by atoms with Crippen molar-refractivity contribution in [2.75, 3.05) is 13.2 Å². The molecule has 80 heavy (non-hydrogen) atoms. The van der Waals surface area contributed by atoms with Gasteiger partial charge in [0, 0.05) is 0 Å². The zero-order chi connectivity index (χ0) is 58.2. The number of unbranched alkanes of at least 4 members (excludes halogenated alkanes) is 45. The quantitative estimate of drug-likeness (QED) is 0.0215. The lowest BCUT2D eigenvalue weighted by molar-refractivity contribution is -0.303. The van der Waals surface area contributed by atoms with Gasteiger partial charge >= 0.3 is 0 Å². The van der Waals surface area contributed by atoms with E-state index in [-0.39, 0.29) is 12.8 Å². The van der Waals surface area contributed by atoms with Crippen LogP contribution in [0.3, 0.4) is 0 Å². The molecule has 8 N–H and O–H groups in total. The van der Waals surface area contributed by atoms with Crippen molar-refractivity contribution in [3.63, 3.8) is 0 Å². The highest BCUT2D eigenvalue weighted by atomic mass is 16.7. The Bertz CT molecular complexity index is 1350. The molecule has 0 saturated carbocycles. The van der Waals surface area contributed by atoms with Gasteiger partial charge in [0.15, 0.2) is 6.29 Å². The van der Waals surface area contributed by atoms with E-state index in [9.17, 15) is 40.5 Å². The first kappa shape index (κ1) is 76.6. The third-order valence-corrected chi connectivity index (χ3v) is 17.0. The maximum atomic E-state index is 13.2. The minimum atomic E-state index is -1.67. The van der Waals surface area contributed by atoms with Crippen LogP contribution >= 0.6 is 0 Å². The smallest absolute Gasteiger partial charge is 0.249 e. The van der Waals surface area contributed by atoms with Crippen LogP contribution in [0.25, 0.3) is 0 Å². The van der Waals surface area contributed by atoms with Crippen molar-refractivity contribution in [2.45, 2.75) is 396 Å². The summed E-state index contributed by atoms with van der Waals surface area (Å²) in [6.07, 6.45) is 61.2. The van der Waals surface area contributed by atoms with Crippen molar-refractivity contribution in [3.8, 4) is 0 Å². The Balaban J connectivity index is 2.23. The molecule has 1 saturated heterocycles. The monoisotopic (exact) mass is 1140 g/mol. The van der Waals surface area contributed by atoms with Crippen LogP contribution in [0.1, 0.15) is 341 Å². The first-order valence-electron chi connectivity index (χ1n) is 34.7. The van der Waals surface area contributed by atoms with Crippen molar-refractivity contribution in [1.82, 2.24) is 5.32 Å². The van der Waals surface area contributed by atoms with Crippen molar-refractivity contribution in [3.05, 3.63) is 24.3 Å². The second-order valence-corrected chi connectivity index (χ2v) is 24.6. The van der Waals surface area contributed by atoms with E-state index < -0.39 is 74.2 Å². The summed E-state index contributed by atoms with van der Waals surface area (Å²) in [6.45, 7) is 3.50. The molecule has 9 unspecified atom stereocenters. The number of nitrogens with one attached hydrogen (secondary N) is 1. The van der Waals surface area contributed by atoms with Gasteiger partial charge in [-0.3, -0.25) is 4.79 Å². The van der Waals surface area contributed by atoms with Crippen LogP contribution in [-0.4, -0.2) is 110 Å². The summed E-state index contributed by atoms with van der Waals surface area (Å²) in [5.74, 6) is -0.703. The lowest BCUT2D eigenvalue weighted by Gasteiger charge is -2.40. The Hall–Kier alpha value is -1.41. The number of allylic oxidation sites excluding steroid dienone is 4. The van der Waals surface area contributed by atoms with E-state index in [1.165, 1.54) is 257 Å². The SMILES string of the molecule is CCCCCCCCCCCCCCCCCCCCCCC/C=C/CC/C=C/CCCC(O)C(O)C(COC1OC(CO)C(O)C(O)C1O)NC(=O)C(O)CCCCCCCCCCCCCCCCCCCCCCCCC. The highest BCUT2D eigenvalue weighted by Crippen LogP contribution is 2.24. The van der Waals surface area contributed by atoms with E-state index in [1.807, 2.05) is 0 Å². The molecule has 1 aliphatic rings. The number of amides is 1. The molecule has 1 amide bonds. The Labute approximate surface area is 493 Å². The van der Waals surface area contributed by atoms with Gasteiger partial charge in [-0.1, -0.05) is 314 Å². The molecule has 1 aliphatic heterocycles. The highest BCUT2D eigenvalue weighted by Gasteiger charge is 2.44. The Morgan fingerprint density at radius 2 is 0.750 bits per heavy atom. The van der Waals surface area contributed by atoms with E-state index in [0.717, 1.165) is 38.5 Å². The van der Waals surface area contributed by atoms with Gasteiger partial charge in [0.25, 0.3) is 0 Å². The lowest BCUT2D eigenvalue weighted by Crippen LogP contribution is -2.60. The molecule has 474 valence electrons. The average Bonchev–Trinajstić information content (AvgIpc) is 3.47. The fourth-order valence-electron chi connectivity index (χ4n) is 11.4. The van der Waals surface area contributed by atoms with Crippen molar-refractivity contribution >= 4 is 5.91 Å². The molecule has 11 heteroatoms. The minimum absolute atomic E-state index is 0.249. The van der Waals surface area contributed by atoms with E-state index in [4.69, 9.17) is 9.47 Å². The molecule has 9 atom stereocenters. The van der Waals surface area contributed by atoms with Gasteiger partial charge in [0.1, 0.15) is 36.6 Å². The molecule has 1 fully saturated rings. The zero-order valence-corrected chi connectivity index (χ0v) is 52.3. The second kappa shape index (κ2) is 58.0. The van der Waals surface area contributed by atoms with Crippen molar-refractivity contribution in [2.24, 2.45) is 0 Å². The summed E-state index contributed by atoms with van der Waals surface area (Å²) in [4.78, 5) is 13.2. The summed E-state index contributed by atoms with van der Waals surface area (Å²) < 4.78 is 11.2. The summed E-state index contributed by atoms with van der Waals surface area (Å²) >= 11 is 0. The van der Waals surface area contributed by atoms with Crippen LogP contribution < -0.4 is 5.32 Å². The number of hydrogen-bond acceptors (Lipinski definition) is 10. The third-order valence-electron chi connectivity index (χ3n) is 17.0. The molecule has 1 rings (SSSR count). The molecular formula is C69H133NO10. The first-order chi connectivity index (χ1) is 39.2. The van der Waals surface area contributed by atoms with Gasteiger partial charge in [-0.25, -0.2) is 0 Å². The molecular weight excluding hydrogens is 1000 g/mol. The van der Waals surface area contributed by atoms with Gasteiger partial charge in [0.2, 0.25) is 5.91 Å². The normalized spacial score (nSPS) is 19.3. The topological polar surface area (TPSA) is 189 Å². The predicted octanol–water partition coefficient (Wildman–Crippen LogP) is 16.4. The van der Waals surface area contributed by atoms with Gasteiger partial charge in [0.05, 0.1) is 25.4 Å². The molecule has 0 aromatic carbocycles. The molecule has 0 aromatic rings. The number of rotatable bonds is 61. The van der Waals surface area contributed by atoms with Crippen LogP contribution in [0.2, 0.25) is 0 Å². The Morgan fingerprint density at radius 3 is 1.11 bits per heavy atom. The molecule has 0 aliphatic carbocycles. The van der Waals surface area contributed by atoms with E-state index in [1.54, 1.807) is 0 Å². The summed E-state index contributed by atoms with van der Waals surface area (Å²) in [6, 6.07) is -1.19. The van der Waals surface area contributed by atoms with E-state index in [2.05, 4.69) is 43.5 Å². The highest BCUT2D eigenvalue weighted by molar-refractivity contribution is 5.80. The summed E-state index contributed by atoms with van der Waals surface area (Å²) in [5, 5.41) is 76.4. The second-order valence-electron chi connectivity index (χ2n) is 24.6. The molecule has 0 spiro atoms. The fraction of sp³-hybridized carbons (Fsp3) is 0.928. The van der Waals surface area contributed by atoms with Crippen molar-refractivity contribution < 1.29 is 50.0 Å². The van der Waals surface area contributed by atoms with Crippen LogP contribution in [0.15, 0.2) is 24.3 Å². The number of carbonyl (C=O) groups is 1. The van der Waals surface area contributed by atoms with Crippen molar-refractivity contribution in [1.29, 1.82) is 0 Å². The maximum Gasteiger partial charge on any atom is 0.249 e. The fourth-order valence-corrected chi connectivity index (χ4v) is 11.4. The number of carbonyl (C=O) groups excluding carboxylic acids is 1. The maximum absolute atomic E-state index is 13.2. The Kier molecular flexibility index (Phi) is 55.5. The van der Waals surface area contributed by atoms with Gasteiger partial charge < -0.3 is 50.5 Å². The Morgan fingerprint density at radius 1 is 0.425 bits per heavy atom. The molecule has 0 radical (unpaired) electrons. The number of aliphatic hydroxyl groups excluding tert-OH is 7. The van der Waals surface area contributed by atoms with Gasteiger partial charge in [-0.2, -0.15) is 0 Å². The van der Waals surface area contributed by atoms with E-state index >= 15 is 0 Å². The van der Waals surface area contributed by atoms with Crippen LogP contribution in [0, 0.1) is 0 Å². The van der Waals surface area contributed by atoms with Crippen LogP contribution in [-0.2, 0) is 14.3 Å². The standard InChI is InChI=1S/C69H133NO10/c1-3-5-7-9-11-13-15-17-19-21-23-25-27-28-29-30-31-32-33-35-36-38-40-42-44-46-48-50-52-54-56-61(72)64(74)60(59-79-69-67(77)66(76)65(75)63(58-71)80-69)70-68(78)62(73)57-55-53-51-49-47-45-43-41-39-37-34-26-24-22-20-18-16-14-12-10-8-6-4-2/h40,42,48,50,60-67,69,71-77H,3-39,41,43-47,49,51-59H2,1-2H3,(H,70,78)/b42-40+,50-48+. The molecule has 0 bridgehead atoms. The molecule has 0 aromatic heterocycles. The lowest BCUT2D eigenvalue weighted by atomic mass is 9.98. The van der Waals surface area contributed by atoms with Gasteiger partial charge in [-0.05, 0) is 51.4 Å². The number of hydrogen-bond donors (Lipinski definition) is 8. The summed E-state index contributed by atoms with van der Waals surface area (Å²) in [7, 11) is 0. The largest absolute Gasteiger partial charge is 0.394 e.